The SMILES string of the molecule is C=Cc1ccc(C(=C)/C(=C/C)C(=C)c2cc3c(cc2C)OCO3)cc1C=C.CCC(=O)Nc1ccc(C(F)(F)F)cc1. The number of halogens is 3. The third kappa shape index (κ3) is 7.49. The van der Waals surface area contributed by atoms with Crippen molar-refractivity contribution in [1.82, 2.24) is 0 Å². The van der Waals surface area contributed by atoms with E-state index < -0.39 is 11.7 Å². The van der Waals surface area contributed by atoms with Crippen molar-refractivity contribution in [3.8, 4) is 11.5 Å². The first-order valence-corrected chi connectivity index (χ1v) is 13.2. The lowest BCUT2D eigenvalue weighted by Crippen LogP contribution is -2.10. The van der Waals surface area contributed by atoms with Crippen LogP contribution in [0, 0.1) is 6.92 Å². The number of rotatable bonds is 8. The molecule has 1 aliphatic heterocycles. The smallest absolute Gasteiger partial charge is 0.416 e. The summed E-state index contributed by atoms with van der Waals surface area (Å²) >= 11 is 0. The average Bonchev–Trinajstić information content (AvgIpc) is 3.43. The van der Waals surface area contributed by atoms with Crippen LogP contribution < -0.4 is 14.8 Å². The van der Waals surface area contributed by atoms with Gasteiger partial charge in [0.25, 0.3) is 0 Å². The van der Waals surface area contributed by atoms with Gasteiger partial charge in [-0.05, 0) is 101 Å². The average molecular weight is 574 g/mol. The second kappa shape index (κ2) is 13.7. The van der Waals surface area contributed by atoms with E-state index >= 15 is 0 Å². The maximum atomic E-state index is 12.2. The molecule has 0 saturated carbocycles. The van der Waals surface area contributed by atoms with E-state index in [9.17, 15) is 18.0 Å². The number of carbonyl (C=O) groups is 1. The number of nitrogens with one attached hydrogen (secondary N) is 1. The van der Waals surface area contributed by atoms with Gasteiger partial charge in [-0.3, -0.25) is 4.79 Å². The van der Waals surface area contributed by atoms with Crippen molar-refractivity contribution in [3.05, 3.63) is 126 Å². The first-order chi connectivity index (χ1) is 19.9. The fourth-order valence-electron chi connectivity index (χ4n) is 4.32. The number of anilines is 1. The number of hydrogen-bond donors (Lipinski definition) is 1. The molecule has 0 fully saturated rings. The van der Waals surface area contributed by atoms with Gasteiger partial charge in [-0.25, -0.2) is 0 Å². The van der Waals surface area contributed by atoms with Gasteiger partial charge in [0, 0.05) is 12.1 Å². The molecule has 4 nitrogen and oxygen atoms in total. The van der Waals surface area contributed by atoms with Crippen LogP contribution in [-0.2, 0) is 11.0 Å². The minimum Gasteiger partial charge on any atom is -0.454 e. The predicted molar refractivity (Wildman–Crippen MR) is 166 cm³/mol. The third-order valence-corrected chi connectivity index (χ3v) is 6.68. The summed E-state index contributed by atoms with van der Waals surface area (Å²) in [7, 11) is 0. The van der Waals surface area contributed by atoms with Crippen LogP contribution in [0.2, 0.25) is 0 Å². The van der Waals surface area contributed by atoms with Gasteiger partial charge in [0.05, 0.1) is 5.56 Å². The summed E-state index contributed by atoms with van der Waals surface area (Å²) in [5.74, 6) is 1.30. The Bertz CT molecular complexity index is 1550. The lowest BCUT2D eigenvalue weighted by atomic mass is 9.87. The van der Waals surface area contributed by atoms with E-state index in [0.29, 0.717) is 12.1 Å². The Morgan fingerprint density at radius 2 is 1.55 bits per heavy atom. The standard InChI is InChI=1S/C25H24O2.C10H10F3NO/c1-7-19-10-11-21(13-20(19)8-2)17(5)22(9-3)18(6)23-14-25-24(12-16(23)4)26-15-27-25;1-2-9(15)14-8-5-3-7(4-6-8)10(11,12)13/h7-14H,1-2,5-6,15H2,3-4H3;3-6H,2H2,1H3,(H,14,15)/b22-9-;. The number of benzene rings is 3. The van der Waals surface area contributed by atoms with Crippen LogP contribution in [0.3, 0.4) is 0 Å². The topological polar surface area (TPSA) is 47.6 Å². The summed E-state index contributed by atoms with van der Waals surface area (Å²) in [6, 6.07) is 14.5. The molecule has 4 rings (SSSR count). The molecule has 218 valence electrons. The minimum atomic E-state index is -4.34. The number of ether oxygens (including phenoxy) is 2. The molecule has 0 unspecified atom stereocenters. The summed E-state index contributed by atoms with van der Waals surface area (Å²) in [5.41, 5.74) is 7.70. The number of carbonyl (C=O) groups excluding carboxylic acids is 1. The van der Waals surface area contributed by atoms with Crippen LogP contribution in [0.4, 0.5) is 18.9 Å². The van der Waals surface area contributed by atoms with Crippen LogP contribution in [0.5, 0.6) is 11.5 Å². The number of amides is 1. The monoisotopic (exact) mass is 573 g/mol. The van der Waals surface area contributed by atoms with Crippen molar-refractivity contribution >= 4 is 34.9 Å². The molecule has 1 N–H and O–H groups in total. The van der Waals surface area contributed by atoms with Crippen molar-refractivity contribution in [2.45, 2.75) is 33.4 Å². The maximum absolute atomic E-state index is 12.2. The normalized spacial score (nSPS) is 12.1. The lowest BCUT2D eigenvalue weighted by Gasteiger charge is -2.17. The zero-order valence-electron chi connectivity index (χ0n) is 24.0. The summed E-state index contributed by atoms with van der Waals surface area (Å²) in [5, 5.41) is 2.46. The third-order valence-electron chi connectivity index (χ3n) is 6.68. The fraction of sp³-hybridized carbons (Fsp3) is 0.171. The molecule has 0 spiro atoms. The molecule has 0 aromatic heterocycles. The minimum absolute atomic E-state index is 0.227. The Balaban J connectivity index is 0.000000274. The molecule has 1 amide bonds. The van der Waals surface area contributed by atoms with Gasteiger partial charge in [0.1, 0.15) is 0 Å². The molecular weight excluding hydrogens is 539 g/mol. The lowest BCUT2D eigenvalue weighted by molar-refractivity contribution is -0.137. The van der Waals surface area contributed by atoms with E-state index in [1.54, 1.807) is 6.92 Å². The molecule has 0 atom stereocenters. The van der Waals surface area contributed by atoms with Crippen LogP contribution in [-0.4, -0.2) is 12.7 Å². The second-order valence-electron chi connectivity index (χ2n) is 9.41. The van der Waals surface area contributed by atoms with Crippen LogP contribution in [0.15, 0.2) is 92.6 Å². The molecule has 0 aliphatic carbocycles. The summed E-state index contributed by atoms with van der Waals surface area (Å²) in [6.07, 6.45) is 1.66. The van der Waals surface area contributed by atoms with Crippen molar-refractivity contribution in [2.75, 3.05) is 12.1 Å². The molecule has 3 aromatic rings. The molecule has 1 aliphatic rings. The Morgan fingerprint density at radius 1 is 0.929 bits per heavy atom. The maximum Gasteiger partial charge on any atom is 0.416 e. The van der Waals surface area contributed by atoms with Gasteiger partial charge < -0.3 is 14.8 Å². The number of allylic oxidation sites excluding steroid dienone is 4. The summed E-state index contributed by atoms with van der Waals surface area (Å²) in [4.78, 5) is 10.9. The summed E-state index contributed by atoms with van der Waals surface area (Å²) < 4.78 is 47.5. The largest absolute Gasteiger partial charge is 0.454 e. The van der Waals surface area contributed by atoms with Crippen molar-refractivity contribution in [1.29, 1.82) is 0 Å². The van der Waals surface area contributed by atoms with E-state index in [2.05, 4.69) is 43.8 Å². The second-order valence-corrected chi connectivity index (χ2v) is 9.41. The van der Waals surface area contributed by atoms with Gasteiger partial charge >= 0.3 is 6.18 Å². The molecule has 0 radical (unpaired) electrons. The van der Waals surface area contributed by atoms with Gasteiger partial charge in [-0.2, -0.15) is 13.2 Å². The number of fused-ring (bicyclic) bond motifs is 1. The van der Waals surface area contributed by atoms with Gasteiger partial charge in [-0.15, -0.1) is 0 Å². The Morgan fingerprint density at radius 3 is 2.10 bits per heavy atom. The zero-order chi connectivity index (χ0) is 31.0. The molecule has 0 bridgehead atoms. The highest BCUT2D eigenvalue weighted by Gasteiger charge is 2.30. The molecule has 3 aromatic carbocycles. The number of hydrogen-bond acceptors (Lipinski definition) is 3. The highest BCUT2D eigenvalue weighted by atomic mass is 19.4. The highest BCUT2D eigenvalue weighted by Crippen LogP contribution is 2.40. The van der Waals surface area contributed by atoms with Crippen LogP contribution >= 0.6 is 0 Å². The van der Waals surface area contributed by atoms with E-state index in [-0.39, 0.29) is 12.7 Å². The van der Waals surface area contributed by atoms with E-state index in [1.165, 1.54) is 12.1 Å². The van der Waals surface area contributed by atoms with Gasteiger partial charge in [0.2, 0.25) is 12.7 Å². The van der Waals surface area contributed by atoms with Crippen LogP contribution in [0.25, 0.3) is 23.3 Å². The van der Waals surface area contributed by atoms with Crippen molar-refractivity contribution < 1.29 is 27.4 Å². The summed E-state index contributed by atoms with van der Waals surface area (Å²) in [6.45, 7) is 22.4. The Labute approximate surface area is 245 Å². The van der Waals surface area contributed by atoms with Crippen molar-refractivity contribution in [2.24, 2.45) is 0 Å². The first kappa shape index (κ1) is 31.7. The first-order valence-electron chi connectivity index (χ1n) is 13.2. The predicted octanol–water partition coefficient (Wildman–Crippen LogP) is 9.74. The highest BCUT2D eigenvalue weighted by molar-refractivity contribution is 5.98. The van der Waals surface area contributed by atoms with E-state index in [1.807, 2.05) is 50.3 Å². The number of alkyl halides is 3. The van der Waals surface area contributed by atoms with E-state index in [0.717, 1.165) is 68.2 Å². The molecule has 0 saturated heterocycles. The molecule has 1 heterocycles. The van der Waals surface area contributed by atoms with E-state index in [4.69, 9.17) is 9.47 Å². The zero-order valence-corrected chi connectivity index (χ0v) is 24.0. The van der Waals surface area contributed by atoms with Crippen molar-refractivity contribution in [3.63, 3.8) is 0 Å². The Kier molecular flexibility index (Phi) is 10.4. The Hall–Kier alpha value is -4.78. The fourth-order valence-corrected chi connectivity index (χ4v) is 4.32. The molecule has 42 heavy (non-hydrogen) atoms. The quantitative estimate of drug-likeness (QED) is 0.273. The van der Waals surface area contributed by atoms with Gasteiger partial charge in [-0.1, -0.05) is 63.6 Å². The molecule has 7 heteroatoms. The number of aryl methyl sites for hydroxylation is 1. The van der Waals surface area contributed by atoms with Crippen LogP contribution in [0.1, 0.15) is 53.6 Å². The van der Waals surface area contributed by atoms with Gasteiger partial charge in [0.15, 0.2) is 11.5 Å². The molecular formula is C35H34F3NO3.